The lowest BCUT2D eigenvalue weighted by atomic mass is 10.0. The van der Waals surface area contributed by atoms with Gasteiger partial charge in [0.2, 0.25) is 11.8 Å². The number of ether oxygens (including phenoxy) is 4. The van der Waals surface area contributed by atoms with Crippen molar-refractivity contribution in [2.24, 2.45) is 0 Å². The average Bonchev–Trinajstić information content (AvgIpc) is 3.04. The molecule has 46 heavy (non-hydrogen) atoms. The van der Waals surface area contributed by atoms with E-state index in [1.807, 2.05) is 12.1 Å². The zero-order valence-corrected chi connectivity index (χ0v) is 25.9. The molecule has 4 bridgehead atoms. The minimum atomic E-state index is -0.684. The van der Waals surface area contributed by atoms with Gasteiger partial charge in [0.15, 0.2) is 18.1 Å². The van der Waals surface area contributed by atoms with Gasteiger partial charge in [-0.15, -0.1) is 0 Å². The van der Waals surface area contributed by atoms with Gasteiger partial charge in [-0.25, -0.2) is 4.79 Å². The van der Waals surface area contributed by atoms with E-state index in [9.17, 15) is 24.0 Å². The van der Waals surface area contributed by atoms with Gasteiger partial charge < -0.3 is 34.5 Å². The molecule has 0 spiro atoms. The zero-order valence-electron chi connectivity index (χ0n) is 25.9. The topological polar surface area (TPSA) is 170 Å². The van der Waals surface area contributed by atoms with Gasteiger partial charge in [-0.2, -0.15) is 0 Å². The lowest BCUT2D eigenvalue weighted by molar-refractivity contribution is -0.136. The van der Waals surface area contributed by atoms with Crippen LogP contribution in [0.15, 0.2) is 52.2 Å². The number of carbonyl (C=O) groups excluding carboxylic acids is 3. The second-order valence-electron chi connectivity index (χ2n) is 11.2. The van der Waals surface area contributed by atoms with Crippen molar-refractivity contribution in [2.75, 3.05) is 33.9 Å². The van der Waals surface area contributed by atoms with Crippen molar-refractivity contribution in [1.29, 1.82) is 0 Å². The van der Waals surface area contributed by atoms with Crippen LogP contribution in [-0.4, -0.2) is 78.2 Å². The van der Waals surface area contributed by atoms with Gasteiger partial charge >= 0.3 is 5.69 Å². The van der Waals surface area contributed by atoms with E-state index in [0.717, 1.165) is 15.7 Å². The Bertz CT molecular complexity index is 1730. The van der Waals surface area contributed by atoms with E-state index in [4.69, 9.17) is 18.9 Å². The number of likely N-dealkylation sites (tertiary alicyclic amines) is 1. The number of nitrogens with zero attached hydrogens (tertiary/aromatic N) is 2. The quantitative estimate of drug-likeness (QED) is 0.373. The maximum atomic E-state index is 13.3. The van der Waals surface area contributed by atoms with E-state index in [1.54, 1.807) is 36.1 Å². The van der Waals surface area contributed by atoms with Crippen LogP contribution in [0.3, 0.4) is 0 Å². The highest BCUT2D eigenvalue weighted by Gasteiger charge is 2.34. The first kappa shape index (κ1) is 32.1. The summed E-state index contributed by atoms with van der Waals surface area (Å²) in [4.78, 5) is 67.0. The third kappa shape index (κ3) is 7.68. The number of rotatable bonds is 4. The van der Waals surface area contributed by atoms with Crippen molar-refractivity contribution in [1.82, 2.24) is 25.1 Å². The fraction of sp³-hybridized carbons (Fsp3) is 0.406. The maximum absolute atomic E-state index is 13.3. The third-order valence-electron chi connectivity index (χ3n) is 7.99. The molecule has 0 saturated carbocycles. The van der Waals surface area contributed by atoms with Gasteiger partial charge in [-0.1, -0.05) is 6.07 Å². The number of benzene rings is 2. The van der Waals surface area contributed by atoms with Crippen LogP contribution >= 0.6 is 0 Å². The predicted molar refractivity (Wildman–Crippen MR) is 165 cm³/mol. The fourth-order valence-corrected chi connectivity index (χ4v) is 5.46. The minimum Gasteiger partial charge on any atom is -0.496 e. The number of amides is 3. The molecule has 0 aliphatic carbocycles. The van der Waals surface area contributed by atoms with Crippen LogP contribution in [-0.2, 0) is 33.9 Å². The second-order valence-corrected chi connectivity index (χ2v) is 11.2. The first-order valence-electron chi connectivity index (χ1n) is 14.9. The minimum absolute atomic E-state index is 0.104. The van der Waals surface area contributed by atoms with Crippen LogP contribution in [0, 0.1) is 6.92 Å². The molecule has 1 fully saturated rings. The lowest BCUT2D eigenvalue weighted by Crippen LogP contribution is -2.59. The highest BCUT2D eigenvalue weighted by molar-refractivity contribution is 5.79. The van der Waals surface area contributed by atoms with Crippen molar-refractivity contribution >= 4 is 17.7 Å². The molecule has 244 valence electrons. The Balaban J connectivity index is 1.40. The maximum Gasteiger partial charge on any atom is 0.328 e. The SMILES string of the molecule is COc1cc2ccc1CNC(=O)CCc1ccc(OC)c(c1)OCC(=O)N[C@@H]1CN(C(=O)Cn3cc(C)c(=O)[nH]c3=O)CC[C@@H]1O2. The molecule has 2 aromatic carbocycles. The zero-order chi connectivity index (χ0) is 32.8. The first-order chi connectivity index (χ1) is 22.1. The van der Waals surface area contributed by atoms with Crippen LogP contribution in [0.25, 0.3) is 0 Å². The Morgan fingerprint density at radius 1 is 1.00 bits per heavy atom. The molecule has 1 saturated heterocycles. The summed E-state index contributed by atoms with van der Waals surface area (Å²) in [7, 11) is 3.03. The Morgan fingerprint density at radius 2 is 1.80 bits per heavy atom. The van der Waals surface area contributed by atoms with Gasteiger partial charge in [-0.3, -0.25) is 28.7 Å². The molecule has 2 atom stereocenters. The summed E-state index contributed by atoms with van der Waals surface area (Å²) < 4.78 is 24.3. The molecular formula is C32H37N5O9. The van der Waals surface area contributed by atoms with Gasteiger partial charge in [-0.05, 0) is 43.2 Å². The van der Waals surface area contributed by atoms with Gasteiger partial charge in [0.1, 0.15) is 24.1 Å². The number of piperidine rings is 1. The number of fused-ring (bicyclic) bond motifs is 9. The number of carbonyl (C=O) groups is 3. The van der Waals surface area contributed by atoms with E-state index < -0.39 is 29.3 Å². The molecule has 3 aromatic rings. The molecule has 6 rings (SSSR count). The van der Waals surface area contributed by atoms with Gasteiger partial charge in [0.05, 0.1) is 20.3 Å². The molecular weight excluding hydrogens is 598 g/mol. The number of methoxy groups -OCH3 is 2. The smallest absolute Gasteiger partial charge is 0.328 e. The lowest BCUT2D eigenvalue weighted by Gasteiger charge is -2.39. The van der Waals surface area contributed by atoms with E-state index in [0.29, 0.717) is 47.9 Å². The van der Waals surface area contributed by atoms with Crippen molar-refractivity contribution in [3.8, 4) is 23.0 Å². The van der Waals surface area contributed by atoms with Crippen LogP contribution in [0.2, 0.25) is 0 Å². The molecule has 4 heterocycles. The summed E-state index contributed by atoms with van der Waals surface area (Å²) in [5.41, 5.74) is 0.702. The molecule has 3 amide bonds. The number of aromatic nitrogens is 2. The summed E-state index contributed by atoms with van der Waals surface area (Å²) in [6.45, 7) is 1.59. The Labute approximate surface area is 264 Å². The molecule has 14 heteroatoms. The van der Waals surface area contributed by atoms with Crippen molar-refractivity contribution < 1.29 is 33.3 Å². The largest absolute Gasteiger partial charge is 0.496 e. The van der Waals surface area contributed by atoms with Crippen molar-refractivity contribution in [2.45, 2.75) is 51.4 Å². The summed E-state index contributed by atoms with van der Waals surface area (Å²) in [6.07, 6.45) is 1.87. The van der Waals surface area contributed by atoms with Crippen LogP contribution < -0.4 is 40.8 Å². The van der Waals surface area contributed by atoms with Crippen LogP contribution in [0.5, 0.6) is 23.0 Å². The van der Waals surface area contributed by atoms with Crippen molar-refractivity contribution in [3.63, 3.8) is 0 Å². The summed E-state index contributed by atoms with van der Waals surface area (Å²) in [6, 6.07) is 9.95. The monoisotopic (exact) mass is 635 g/mol. The number of aryl methyl sites for hydroxylation is 2. The average molecular weight is 636 g/mol. The second kappa shape index (κ2) is 14.2. The highest BCUT2D eigenvalue weighted by Crippen LogP contribution is 2.30. The summed E-state index contributed by atoms with van der Waals surface area (Å²) >= 11 is 0. The Morgan fingerprint density at radius 3 is 2.59 bits per heavy atom. The van der Waals surface area contributed by atoms with Crippen molar-refractivity contribution in [3.05, 3.63) is 80.1 Å². The molecule has 0 unspecified atom stereocenters. The van der Waals surface area contributed by atoms with E-state index >= 15 is 0 Å². The summed E-state index contributed by atoms with van der Waals surface area (Å²) in [5, 5.41) is 5.88. The van der Waals surface area contributed by atoms with E-state index in [1.165, 1.54) is 20.4 Å². The highest BCUT2D eigenvalue weighted by atomic mass is 16.5. The first-order valence-corrected chi connectivity index (χ1v) is 14.9. The number of hydrogen-bond acceptors (Lipinski definition) is 9. The third-order valence-corrected chi connectivity index (χ3v) is 7.99. The predicted octanol–water partition coefficient (Wildman–Crippen LogP) is 0.668. The molecule has 3 aliphatic rings. The molecule has 3 N–H and O–H groups in total. The molecule has 0 radical (unpaired) electrons. The molecule has 14 nitrogen and oxygen atoms in total. The molecule has 3 aliphatic heterocycles. The van der Waals surface area contributed by atoms with Gasteiger partial charge in [0, 0.05) is 55.9 Å². The molecule has 1 aromatic heterocycles. The number of aromatic amines is 1. The van der Waals surface area contributed by atoms with E-state index in [-0.39, 0.29) is 44.5 Å². The Hall–Kier alpha value is -5.27. The number of nitrogens with one attached hydrogen (secondary N) is 3. The Kier molecular flexibility index (Phi) is 9.94. The summed E-state index contributed by atoms with van der Waals surface area (Å²) in [5.74, 6) is 0.859. The number of hydrogen-bond donors (Lipinski definition) is 3. The van der Waals surface area contributed by atoms with E-state index in [2.05, 4.69) is 15.6 Å². The van der Waals surface area contributed by atoms with Gasteiger partial charge in [0.25, 0.3) is 11.5 Å². The fourth-order valence-electron chi connectivity index (χ4n) is 5.46. The van der Waals surface area contributed by atoms with Crippen LogP contribution in [0.1, 0.15) is 29.5 Å². The number of H-pyrrole nitrogens is 1. The van der Waals surface area contributed by atoms with Crippen LogP contribution in [0.4, 0.5) is 0 Å². The standard InChI is InChI=1S/C32H37N5O9/c1-19-15-37(32(42)35-31(19)41)17-30(40)36-11-10-24-23(16-36)34-29(39)18-45-27-12-20(4-8-25(27)43-2)5-9-28(38)33-14-21-6-7-22(46-24)13-26(21)44-3/h4,6-8,12-13,15,23-24H,5,9-11,14,16-18H2,1-3H3,(H,33,38)(H,34,39)(H,35,41,42)/t23-,24+/m1/s1. The normalized spacial score (nSPS) is 18.8.